The SMILES string of the molecule is COc1cc(S(=O)(=O)NC(C)C2CC3CCC2CC3)c(OC)cc1NC(=O)c1ccccc1C. The Labute approximate surface area is 202 Å². The Bertz CT molecular complexity index is 1160. The largest absolute Gasteiger partial charge is 0.495 e. The van der Waals surface area contributed by atoms with E-state index in [0.717, 1.165) is 12.0 Å². The van der Waals surface area contributed by atoms with Crippen molar-refractivity contribution in [1.29, 1.82) is 0 Å². The van der Waals surface area contributed by atoms with Gasteiger partial charge in [-0.2, -0.15) is 0 Å². The van der Waals surface area contributed by atoms with E-state index < -0.39 is 10.0 Å². The first kappa shape index (κ1) is 24.5. The topological polar surface area (TPSA) is 93.7 Å². The van der Waals surface area contributed by atoms with Gasteiger partial charge >= 0.3 is 0 Å². The number of ether oxygens (including phenoxy) is 2. The van der Waals surface area contributed by atoms with Crippen LogP contribution in [0.3, 0.4) is 0 Å². The molecule has 7 nitrogen and oxygen atoms in total. The molecule has 184 valence electrons. The maximum absolute atomic E-state index is 13.4. The van der Waals surface area contributed by atoms with Crippen molar-refractivity contribution in [1.82, 2.24) is 4.72 Å². The molecule has 1 amide bonds. The van der Waals surface area contributed by atoms with Crippen molar-refractivity contribution in [3.8, 4) is 11.5 Å². The summed E-state index contributed by atoms with van der Waals surface area (Å²) in [6.07, 6.45) is 5.99. The summed E-state index contributed by atoms with van der Waals surface area (Å²) >= 11 is 0. The monoisotopic (exact) mass is 486 g/mol. The summed E-state index contributed by atoms with van der Waals surface area (Å²) in [4.78, 5) is 12.8. The zero-order valence-corrected chi connectivity index (χ0v) is 21.1. The molecule has 34 heavy (non-hydrogen) atoms. The van der Waals surface area contributed by atoms with Crippen LogP contribution in [0.2, 0.25) is 0 Å². The number of methoxy groups -OCH3 is 2. The minimum Gasteiger partial charge on any atom is -0.495 e. The van der Waals surface area contributed by atoms with Crippen molar-refractivity contribution >= 4 is 21.6 Å². The van der Waals surface area contributed by atoms with Gasteiger partial charge in [-0.05, 0) is 62.5 Å². The van der Waals surface area contributed by atoms with Gasteiger partial charge in [-0.3, -0.25) is 4.79 Å². The number of rotatable bonds is 8. The van der Waals surface area contributed by atoms with E-state index in [2.05, 4.69) is 10.0 Å². The third-order valence-corrected chi connectivity index (χ3v) is 9.08. The average Bonchev–Trinajstić information content (AvgIpc) is 2.84. The lowest BCUT2D eigenvalue weighted by atomic mass is 9.63. The van der Waals surface area contributed by atoms with E-state index in [9.17, 15) is 13.2 Å². The number of sulfonamides is 1. The number of aryl methyl sites for hydroxylation is 1. The van der Waals surface area contributed by atoms with Crippen LogP contribution >= 0.6 is 0 Å². The van der Waals surface area contributed by atoms with Crippen LogP contribution in [0.5, 0.6) is 11.5 Å². The lowest BCUT2D eigenvalue weighted by Crippen LogP contribution is -2.45. The van der Waals surface area contributed by atoms with Gasteiger partial charge in [0.05, 0.1) is 19.9 Å². The molecule has 2 aromatic rings. The summed E-state index contributed by atoms with van der Waals surface area (Å²) in [5.41, 5.74) is 1.70. The first-order valence-corrected chi connectivity index (χ1v) is 13.4. The number of nitrogens with one attached hydrogen (secondary N) is 2. The van der Waals surface area contributed by atoms with E-state index in [1.165, 1.54) is 52.0 Å². The van der Waals surface area contributed by atoms with Crippen LogP contribution in [0, 0.1) is 24.7 Å². The molecule has 0 heterocycles. The molecule has 3 aliphatic rings. The Morgan fingerprint density at radius 2 is 1.71 bits per heavy atom. The van der Waals surface area contributed by atoms with Gasteiger partial charge in [0.15, 0.2) is 0 Å². The smallest absolute Gasteiger partial charge is 0.256 e. The van der Waals surface area contributed by atoms with Crippen molar-refractivity contribution < 1.29 is 22.7 Å². The molecule has 2 bridgehead atoms. The van der Waals surface area contributed by atoms with Gasteiger partial charge in [0.25, 0.3) is 5.91 Å². The van der Waals surface area contributed by atoms with Gasteiger partial charge in [-0.25, -0.2) is 13.1 Å². The summed E-state index contributed by atoms with van der Waals surface area (Å²) in [6, 6.07) is 9.98. The van der Waals surface area contributed by atoms with Crippen LogP contribution in [-0.4, -0.2) is 34.6 Å². The number of carbonyl (C=O) groups is 1. The second-order valence-corrected chi connectivity index (χ2v) is 11.2. The molecule has 0 aromatic heterocycles. The average molecular weight is 487 g/mol. The molecule has 0 spiro atoms. The summed E-state index contributed by atoms with van der Waals surface area (Å²) < 4.78 is 40.6. The van der Waals surface area contributed by atoms with Gasteiger partial charge < -0.3 is 14.8 Å². The van der Waals surface area contributed by atoms with Crippen LogP contribution in [0.1, 0.15) is 54.9 Å². The Morgan fingerprint density at radius 1 is 1.03 bits per heavy atom. The van der Waals surface area contributed by atoms with Crippen LogP contribution in [-0.2, 0) is 10.0 Å². The van der Waals surface area contributed by atoms with E-state index >= 15 is 0 Å². The fourth-order valence-electron chi connectivity index (χ4n) is 5.63. The predicted octanol–water partition coefficient (Wildman–Crippen LogP) is 4.76. The van der Waals surface area contributed by atoms with Crippen molar-refractivity contribution in [2.24, 2.45) is 17.8 Å². The first-order chi connectivity index (χ1) is 16.2. The maximum Gasteiger partial charge on any atom is 0.256 e. The molecule has 3 saturated carbocycles. The highest BCUT2D eigenvalue weighted by molar-refractivity contribution is 7.89. The normalized spacial score (nSPS) is 22.8. The summed E-state index contributed by atoms with van der Waals surface area (Å²) in [7, 11) is -1.02. The van der Waals surface area contributed by atoms with E-state index in [-0.39, 0.29) is 28.3 Å². The number of hydrogen-bond donors (Lipinski definition) is 2. The Balaban J connectivity index is 1.59. The minimum absolute atomic E-state index is 0.00596. The summed E-state index contributed by atoms with van der Waals surface area (Å²) in [5, 5.41) is 2.82. The number of benzene rings is 2. The van der Waals surface area contributed by atoms with Crippen LogP contribution < -0.4 is 19.5 Å². The molecule has 5 rings (SSSR count). The molecule has 3 aliphatic carbocycles. The van der Waals surface area contributed by atoms with Crippen LogP contribution in [0.15, 0.2) is 41.3 Å². The van der Waals surface area contributed by atoms with Gasteiger partial charge in [-0.15, -0.1) is 0 Å². The van der Waals surface area contributed by atoms with Crippen molar-refractivity contribution in [2.45, 2.75) is 56.9 Å². The molecular formula is C26H34N2O5S. The lowest BCUT2D eigenvalue weighted by molar-refractivity contribution is 0.0810. The predicted molar refractivity (Wildman–Crippen MR) is 132 cm³/mol. The van der Waals surface area contributed by atoms with E-state index in [0.29, 0.717) is 29.0 Å². The molecule has 3 fully saturated rings. The van der Waals surface area contributed by atoms with Crippen LogP contribution in [0.4, 0.5) is 5.69 Å². The number of carbonyl (C=O) groups excluding carboxylic acids is 1. The fraction of sp³-hybridized carbons (Fsp3) is 0.500. The molecule has 2 aromatic carbocycles. The van der Waals surface area contributed by atoms with Gasteiger partial charge in [0.2, 0.25) is 10.0 Å². The van der Waals surface area contributed by atoms with E-state index in [1.807, 2.05) is 26.0 Å². The molecule has 0 saturated heterocycles. The quantitative estimate of drug-likeness (QED) is 0.561. The second-order valence-electron chi connectivity index (χ2n) is 9.56. The van der Waals surface area contributed by atoms with E-state index in [4.69, 9.17) is 9.47 Å². The number of amides is 1. The molecule has 2 N–H and O–H groups in total. The Hall–Kier alpha value is -2.58. The van der Waals surface area contributed by atoms with Crippen molar-refractivity contribution in [3.63, 3.8) is 0 Å². The standard InChI is InChI=1S/C26H34N2O5S/c1-16-7-5-6-8-20(16)26(29)27-22-14-24(33-4)25(15-23(22)32-3)34(30,31)28-17(2)21-13-18-9-11-19(21)12-10-18/h5-8,14-15,17-19,21,28H,9-13H2,1-4H3,(H,27,29). The lowest BCUT2D eigenvalue weighted by Gasteiger charge is -2.45. The van der Waals surface area contributed by atoms with Gasteiger partial charge in [-0.1, -0.05) is 31.0 Å². The molecule has 2 atom stereocenters. The highest BCUT2D eigenvalue weighted by atomic mass is 32.2. The first-order valence-electron chi connectivity index (χ1n) is 11.9. The Morgan fingerprint density at radius 3 is 2.29 bits per heavy atom. The number of hydrogen-bond acceptors (Lipinski definition) is 5. The maximum atomic E-state index is 13.4. The number of anilines is 1. The molecule has 0 aliphatic heterocycles. The molecule has 0 radical (unpaired) electrons. The van der Waals surface area contributed by atoms with Crippen molar-refractivity contribution in [2.75, 3.05) is 19.5 Å². The third-order valence-electron chi connectivity index (χ3n) is 7.50. The Kier molecular flexibility index (Phi) is 7.19. The molecule has 2 unspecified atom stereocenters. The zero-order valence-electron chi connectivity index (χ0n) is 20.3. The zero-order chi connectivity index (χ0) is 24.5. The highest BCUT2D eigenvalue weighted by Gasteiger charge is 2.39. The molecule has 8 heteroatoms. The fourth-order valence-corrected chi connectivity index (χ4v) is 7.09. The van der Waals surface area contributed by atoms with E-state index in [1.54, 1.807) is 12.1 Å². The third kappa shape index (κ3) is 4.93. The summed E-state index contributed by atoms with van der Waals surface area (Å²) in [5.74, 6) is 1.72. The van der Waals surface area contributed by atoms with Crippen molar-refractivity contribution in [3.05, 3.63) is 47.5 Å². The highest BCUT2D eigenvalue weighted by Crippen LogP contribution is 2.46. The molecular weight excluding hydrogens is 452 g/mol. The van der Waals surface area contributed by atoms with Gasteiger partial charge in [0, 0.05) is 23.7 Å². The van der Waals surface area contributed by atoms with Crippen LogP contribution in [0.25, 0.3) is 0 Å². The second kappa shape index (κ2) is 9.96. The number of fused-ring (bicyclic) bond motifs is 3. The summed E-state index contributed by atoms with van der Waals surface area (Å²) in [6.45, 7) is 3.82. The van der Waals surface area contributed by atoms with Gasteiger partial charge in [0.1, 0.15) is 16.4 Å². The minimum atomic E-state index is -3.87.